The first-order valence-corrected chi connectivity index (χ1v) is 18.3. The van der Waals surface area contributed by atoms with Crippen LogP contribution in [0.25, 0.3) is 0 Å². The highest BCUT2D eigenvalue weighted by Gasteiger charge is 2.48. The molecule has 0 aromatic carbocycles. The van der Waals surface area contributed by atoms with Crippen LogP contribution in [0, 0.1) is 0 Å². The van der Waals surface area contributed by atoms with Crippen LogP contribution in [0.1, 0.15) is 162 Å². The van der Waals surface area contributed by atoms with Crippen LogP contribution in [0.2, 0.25) is 0 Å². The van der Waals surface area contributed by atoms with Gasteiger partial charge in [0.05, 0.1) is 12.6 Å². The van der Waals surface area contributed by atoms with Crippen molar-refractivity contribution in [3.63, 3.8) is 0 Å². The minimum Gasteiger partial charge on any atom is -0.394 e. The zero-order valence-corrected chi connectivity index (χ0v) is 28.5. The molecule has 1 aliphatic heterocycles. The van der Waals surface area contributed by atoms with E-state index in [0.717, 1.165) is 38.5 Å². The molecule has 0 spiro atoms. The highest BCUT2D eigenvalue weighted by atomic mass is 16.5. The number of nitrogens with zero attached hydrogens (tertiary/aromatic N) is 1. The first-order valence-electron chi connectivity index (χ1n) is 18.3. The number of carbonyl (C=O) groups excluding carboxylic acids is 2. The molecule has 0 bridgehead atoms. The molecular weight excluding hydrogens is 558 g/mol. The number of aliphatic hydroxyl groups is 3. The number of carbonyl (C=O) groups is 2. The van der Waals surface area contributed by atoms with Crippen molar-refractivity contribution in [1.82, 2.24) is 10.2 Å². The largest absolute Gasteiger partial charge is 0.394 e. The second-order valence-corrected chi connectivity index (χ2v) is 13.1. The van der Waals surface area contributed by atoms with E-state index in [4.69, 9.17) is 10.5 Å². The summed E-state index contributed by atoms with van der Waals surface area (Å²) in [6.45, 7) is 5.91. The van der Waals surface area contributed by atoms with E-state index < -0.39 is 49.1 Å². The third-order valence-corrected chi connectivity index (χ3v) is 9.00. The smallest absolute Gasteiger partial charge is 0.237 e. The molecule has 1 heterocycles. The second-order valence-electron chi connectivity index (χ2n) is 13.1. The number of aliphatic hydroxyl groups excluding tert-OH is 3. The lowest BCUT2D eigenvalue weighted by Crippen LogP contribution is -2.69. The summed E-state index contributed by atoms with van der Waals surface area (Å²) < 4.78 is 6.03. The van der Waals surface area contributed by atoms with E-state index in [0.29, 0.717) is 13.0 Å². The van der Waals surface area contributed by atoms with Crippen LogP contribution in [0.3, 0.4) is 0 Å². The van der Waals surface area contributed by atoms with E-state index in [2.05, 4.69) is 19.2 Å². The summed E-state index contributed by atoms with van der Waals surface area (Å²) in [4.78, 5) is 27.8. The van der Waals surface area contributed by atoms with Gasteiger partial charge < -0.3 is 36.0 Å². The van der Waals surface area contributed by atoms with Crippen molar-refractivity contribution in [2.45, 2.75) is 199 Å². The van der Waals surface area contributed by atoms with Gasteiger partial charge in [-0.25, -0.2) is 0 Å². The number of ether oxygens (including phenoxy) is 1. The molecule has 0 radical (unpaired) electrons. The summed E-state index contributed by atoms with van der Waals surface area (Å²) in [5.74, 6) is -0.602. The molecule has 44 heavy (non-hydrogen) atoms. The van der Waals surface area contributed by atoms with Gasteiger partial charge in [-0.05, 0) is 19.8 Å². The molecule has 0 unspecified atom stereocenters. The van der Waals surface area contributed by atoms with Gasteiger partial charge >= 0.3 is 0 Å². The Morgan fingerprint density at radius 3 is 1.59 bits per heavy atom. The summed E-state index contributed by atoms with van der Waals surface area (Å²) in [6, 6.07) is -1.89. The topological polar surface area (TPSA) is 145 Å². The van der Waals surface area contributed by atoms with Gasteiger partial charge in [-0.15, -0.1) is 0 Å². The van der Waals surface area contributed by atoms with E-state index in [-0.39, 0.29) is 5.91 Å². The van der Waals surface area contributed by atoms with Gasteiger partial charge in [0, 0.05) is 13.0 Å². The second kappa shape index (κ2) is 25.9. The number of nitrogens with one attached hydrogen (secondary N) is 1. The van der Waals surface area contributed by atoms with Crippen LogP contribution in [0.5, 0.6) is 0 Å². The molecule has 1 aliphatic rings. The van der Waals surface area contributed by atoms with Crippen LogP contribution in [0.4, 0.5) is 0 Å². The first-order chi connectivity index (χ1) is 21.3. The first kappa shape index (κ1) is 40.8. The lowest BCUT2D eigenvalue weighted by Gasteiger charge is -2.47. The van der Waals surface area contributed by atoms with Gasteiger partial charge in [0.15, 0.2) is 6.23 Å². The quantitative estimate of drug-likeness (QED) is 0.0734. The molecule has 0 aliphatic carbocycles. The lowest BCUT2D eigenvalue weighted by molar-refractivity contribution is -0.231. The number of hydrogen-bond donors (Lipinski definition) is 5. The van der Waals surface area contributed by atoms with Crippen LogP contribution in [0.15, 0.2) is 0 Å². The SMILES string of the molecule is CCCCCCCCCCCCCCN(C(=O)CCCCCCCCCCC)[C@@H]1O[C@H](CO)[C@@H](O)[C@H](O)[C@H]1NC(=O)[C@H](C)N. The van der Waals surface area contributed by atoms with Gasteiger partial charge in [-0.3, -0.25) is 9.59 Å². The van der Waals surface area contributed by atoms with E-state index in [1.165, 1.54) is 103 Å². The zero-order chi connectivity index (χ0) is 32.6. The number of rotatable bonds is 27. The number of amides is 2. The number of hydrogen-bond acceptors (Lipinski definition) is 7. The maximum atomic E-state index is 13.6. The molecule has 1 fully saturated rings. The third kappa shape index (κ3) is 16.9. The fourth-order valence-electron chi connectivity index (χ4n) is 6.06. The maximum absolute atomic E-state index is 13.6. The van der Waals surface area contributed by atoms with Crippen LogP contribution in [-0.2, 0) is 14.3 Å². The van der Waals surface area contributed by atoms with Gasteiger partial charge in [-0.1, -0.05) is 136 Å². The van der Waals surface area contributed by atoms with E-state index >= 15 is 0 Å². The Morgan fingerprint density at radius 1 is 0.727 bits per heavy atom. The van der Waals surface area contributed by atoms with Gasteiger partial charge in [0.1, 0.15) is 24.4 Å². The van der Waals surface area contributed by atoms with Crippen molar-refractivity contribution in [2.75, 3.05) is 13.2 Å². The van der Waals surface area contributed by atoms with E-state index in [1.807, 2.05) is 0 Å². The molecule has 0 aromatic heterocycles. The van der Waals surface area contributed by atoms with Crippen molar-refractivity contribution in [3.05, 3.63) is 0 Å². The Kier molecular flexibility index (Phi) is 24.0. The fraction of sp³-hybridized carbons (Fsp3) is 0.943. The molecule has 260 valence electrons. The van der Waals surface area contributed by atoms with Gasteiger partial charge in [0.25, 0.3) is 0 Å². The Labute approximate surface area is 269 Å². The summed E-state index contributed by atoms with van der Waals surface area (Å²) in [5, 5.41) is 34.1. The minimum absolute atomic E-state index is 0.0960. The van der Waals surface area contributed by atoms with E-state index in [9.17, 15) is 24.9 Å². The highest BCUT2D eigenvalue weighted by Crippen LogP contribution is 2.26. The Bertz CT molecular complexity index is 725. The summed E-state index contributed by atoms with van der Waals surface area (Å²) in [7, 11) is 0. The monoisotopic (exact) mass is 628 g/mol. The summed E-state index contributed by atoms with van der Waals surface area (Å²) in [5.41, 5.74) is 5.77. The fourth-order valence-corrected chi connectivity index (χ4v) is 6.06. The van der Waals surface area contributed by atoms with Crippen molar-refractivity contribution < 1.29 is 29.6 Å². The third-order valence-electron chi connectivity index (χ3n) is 9.00. The summed E-state index contributed by atoms with van der Waals surface area (Å²) >= 11 is 0. The van der Waals surface area contributed by atoms with Crippen molar-refractivity contribution in [2.24, 2.45) is 5.73 Å². The maximum Gasteiger partial charge on any atom is 0.237 e. The average molecular weight is 628 g/mol. The molecule has 0 saturated carbocycles. The molecule has 9 heteroatoms. The standard InChI is InChI=1S/C35H69N3O6/c1-4-6-8-10-12-14-15-16-18-20-22-24-26-38(30(40)25-23-21-19-17-13-11-9-7-5-2)35-31(37-34(43)28(3)36)33(42)32(41)29(27-39)44-35/h28-29,31-33,35,39,41-42H,4-27,36H2,1-3H3,(H,37,43)/t28-,29+,31+,32+,33+,35+/m0/s1. The Balaban J connectivity index is 2.73. The molecule has 6 N–H and O–H groups in total. The zero-order valence-electron chi connectivity index (χ0n) is 28.5. The summed E-state index contributed by atoms with van der Waals surface area (Å²) in [6.07, 6.45) is 20.3. The van der Waals surface area contributed by atoms with Crippen LogP contribution >= 0.6 is 0 Å². The number of nitrogens with two attached hydrogens (primary N) is 1. The van der Waals surface area contributed by atoms with Crippen LogP contribution < -0.4 is 11.1 Å². The minimum atomic E-state index is -1.42. The lowest BCUT2D eigenvalue weighted by atomic mass is 9.94. The average Bonchev–Trinajstić information content (AvgIpc) is 3.01. The van der Waals surface area contributed by atoms with Crippen molar-refractivity contribution in [3.8, 4) is 0 Å². The predicted molar refractivity (Wildman–Crippen MR) is 178 cm³/mol. The number of unbranched alkanes of at least 4 members (excludes halogenated alkanes) is 19. The van der Waals surface area contributed by atoms with Gasteiger partial charge in [-0.2, -0.15) is 0 Å². The normalized spacial score (nSPS) is 22.6. The molecular formula is C35H69N3O6. The predicted octanol–water partition coefficient (Wildman–Crippen LogP) is 5.71. The van der Waals surface area contributed by atoms with Crippen LogP contribution in [-0.4, -0.2) is 81.8 Å². The molecule has 1 saturated heterocycles. The molecule has 2 amide bonds. The molecule has 1 rings (SSSR count). The molecule has 6 atom stereocenters. The molecule has 0 aromatic rings. The van der Waals surface area contributed by atoms with Crippen molar-refractivity contribution in [1.29, 1.82) is 0 Å². The van der Waals surface area contributed by atoms with E-state index in [1.54, 1.807) is 4.90 Å². The molecule has 9 nitrogen and oxygen atoms in total. The Morgan fingerprint density at radius 2 is 1.16 bits per heavy atom. The van der Waals surface area contributed by atoms with Crippen molar-refractivity contribution >= 4 is 11.8 Å². The highest BCUT2D eigenvalue weighted by molar-refractivity contribution is 5.81. The Hall–Kier alpha value is -1.26. The van der Waals surface area contributed by atoms with Gasteiger partial charge in [0.2, 0.25) is 11.8 Å².